The molecule has 1 rings (SSSR count). The van der Waals surface area contributed by atoms with E-state index >= 15 is 0 Å². The van der Waals surface area contributed by atoms with Crippen molar-refractivity contribution in [1.29, 1.82) is 5.41 Å². The van der Waals surface area contributed by atoms with Gasteiger partial charge in [-0.25, -0.2) is 4.79 Å². The molecule has 0 spiro atoms. The van der Waals surface area contributed by atoms with Crippen molar-refractivity contribution < 1.29 is 28.7 Å². The minimum Gasteiger partial charge on any atom is -0.490 e. The maximum atomic E-state index is 13.3. The fourth-order valence-electron chi connectivity index (χ4n) is 3.60. The van der Waals surface area contributed by atoms with E-state index < -0.39 is 41.8 Å². The molecule has 7 N–H and O–H groups in total. The first-order valence-corrected chi connectivity index (χ1v) is 12.6. The third kappa shape index (κ3) is 13.1. The van der Waals surface area contributed by atoms with Gasteiger partial charge in [0.15, 0.2) is 5.96 Å². The summed E-state index contributed by atoms with van der Waals surface area (Å²) >= 11 is 0. The van der Waals surface area contributed by atoms with E-state index in [-0.39, 0.29) is 25.2 Å². The number of carbonyl (C=O) groups is 4. The Labute approximate surface area is 229 Å². The number of benzene rings is 1. The zero-order chi connectivity index (χ0) is 29.2. The van der Waals surface area contributed by atoms with Gasteiger partial charge in [0, 0.05) is 19.9 Å². The monoisotopic (exact) mass is 544 g/mol. The second-order valence-electron chi connectivity index (χ2n) is 8.71. The Bertz CT molecular complexity index is 997. The van der Waals surface area contributed by atoms with Crippen molar-refractivity contribution >= 4 is 29.7 Å². The van der Waals surface area contributed by atoms with Crippen LogP contribution in [0.5, 0.6) is 5.75 Å². The van der Waals surface area contributed by atoms with Crippen LogP contribution in [0.3, 0.4) is 0 Å². The molecule has 1 aromatic carbocycles. The van der Waals surface area contributed by atoms with E-state index in [1.807, 2.05) is 0 Å². The molecule has 0 bridgehead atoms. The minimum absolute atomic E-state index is 0.142. The van der Waals surface area contributed by atoms with Crippen LogP contribution in [0.1, 0.15) is 38.2 Å². The molecule has 0 heterocycles. The Morgan fingerprint density at radius 3 is 2.18 bits per heavy atom. The highest BCUT2D eigenvalue weighted by molar-refractivity contribution is 5.93. The van der Waals surface area contributed by atoms with Gasteiger partial charge in [-0.15, -0.1) is 6.58 Å². The maximum Gasteiger partial charge on any atom is 0.328 e. The van der Waals surface area contributed by atoms with E-state index in [0.717, 1.165) is 5.56 Å². The molecule has 0 saturated heterocycles. The lowest BCUT2D eigenvalue weighted by atomic mass is 10.0. The molecule has 0 unspecified atom stereocenters. The number of rotatable bonds is 18. The van der Waals surface area contributed by atoms with Crippen molar-refractivity contribution in [3.8, 4) is 5.75 Å². The molecular formula is C27H40N6O6. The first-order valence-electron chi connectivity index (χ1n) is 12.6. The number of guanidine groups is 1. The van der Waals surface area contributed by atoms with Gasteiger partial charge >= 0.3 is 5.97 Å². The third-order valence-corrected chi connectivity index (χ3v) is 5.50. The summed E-state index contributed by atoms with van der Waals surface area (Å²) in [6, 6.07) is 4.14. The molecule has 0 saturated carbocycles. The quantitative estimate of drug-likeness (QED) is 0.0512. The summed E-state index contributed by atoms with van der Waals surface area (Å²) in [6.45, 7) is 9.28. The van der Waals surface area contributed by atoms with Crippen LogP contribution >= 0.6 is 0 Å². The lowest BCUT2D eigenvalue weighted by molar-refractivity contribution is -0.145. The topological polar surface area (TPSA) is 185 Å². The SMILES string of the molecule is C=CCOc1ccc(C[C@H](NC(C)=O)C(=O)N[C@H](CCCCNC(=N)N)C(=O)N[C@@H](CC=C)C(=O)OC)cc1. The number of esters is 1. The molecule has 0 fully saturated rings. The summed E-state index contributed by atoms with van der Waals surface area (Å²) in [4.78, 5) is 50.4. The Morgan fingerprint density at radius 2 is 1.62 bits per heavy atom. The molecule has 12 heteroatoms. The summed E-state index contributed by atoms with van der Waals surface area (Å²) < 4.78 is 10.2. The van der Waals surface area contributed by atoms with Crippen molar-refractivity contribution in [2.24, 2.45) is 5.73 Å². The lowest BCUT2D eigenvalue weighted by Crippen LogP contribution is -2.56. The first-order chi connectivity index (χ1) is 18.6. The number of hydrogen-bond acceptors (Lipinski definition) is 7. The normalized spacial score (nSPS) is 12.6. The summed E-state index contributed by atoms with van der Waals surface area (Å²) in [6.07, 6.45) is 4.72. The molecular weight excluding hydrogens is 504 g/mol. The van der Waals surface area contributed by atoms with Crippen molar-refractivity contribution in [3.63, 3.8) is 0 Å². The molecule has 12 nitrogen and oxygen atoms in total. The minimum atomic E-state index is -1.00. The van der Waals surface area contributed by atoms with Crippen LogP contribution in [-0.2, 0) is 30.3 Å². The van der Waals surface area contributed by atoms with E-state index in [0.29, 0.717) is 31.7 Å². The summed E-state index contributed by atoms with van der Waals surface area (Å²) in [5.41, 5.74) is 6.06. The summed E-state index contributed by atoms with van der Waals surface area (Å²) in [7, 11) is 1.21. The zero-order valence-corrected chi connectivity index (χ0v) is 22.6. The van der Waals surface area contributed by atoms with Gasteiger partial charge in [-0.2, -0.15) is 0 Å². The number of methoxy groups -OCH3 is 1. The van der Waals surface area contributed by atoms with Gasteiger partial charge in [-0.3, -0.25) is 19.8 Å². The highest BCUT2D eigenvalue weighted by Crippen LogP contribution is 2.14. The molecule has 214 valence electrons. The van der Waals surface area contributed by atoms with Gasteiger partial charge in [-0.05, 0) is 43.4 Å². The molecule has 0 aliphatic heterocycles. The molecule has 0 radical (unpaired) electrons. The third-order valence-electron chi connectivity index (χ3n) is 5.50. The van der Waals surface area contributed by atoms with E-state index in [4.69, 9.17) is 20.6 Å². The van der Waals surface area contributed by atoms with Crippen molar-refractivity contribution in [2.45, 2.75) is 57.2 Å². The Kier molecular flexibility index (Phi) is 15.1. The van der Waals surface area contributed by atoms with Crippen LogP contribution in [0.4, 0.5) is 0 Å². The van der Waals surface area contributed by atoms with Crippen LogP contribution in [0, 0.1) is 5.41 Å². The lowest BCUT2D eigenvalue weighted by Gasteiger charge is -2.24. The number of unbranched alkanes of at least 4 members (excludes halogenated alkanes) is 1. The fraction of sp³-hybridized carbons (Fsp3) is 0.444. The second-order valence-corrected chi connectivity index (χ2v) is 8.71. The van der Waals surface area contributed by atoms with E-state index in [9.17, 15) is 19.2 Å². The molecule has 3 atom stereocenters. The van der Waals surface area contributed by atoms with Gasteiger partial charge < -0.3 is 36.5 Å². The van der Waals surface area contributed by atoms with E-state index in [1.165, 1.54) is 20.1 Å². The smallest absolute Gasteiger partial charge is 0.328 e. The standard InChI is InChI=1S/C27H40N6O6/c1-5-9-22(26(37)38-4)33-24(35)21(10-7-8-15-30-27(28)29)32-25(36)23(31-18(3)34)17-19-11-13-20(14-12-19)39-16-6-2/h5-6,11-14,21-23H,1-2,7-10,15-17H2,3-4H3,(H,31,34)(H,32,36)(H,33,35)(H4,28,29,30)/t21-,22+,23+/m1/s1. The van der Waals surface area contributed by atoms with E-state index in [1.54, 1.807) is 30.3 Å². The van der Waals surface area contributed by atoms with E-state index in [2.05, 4.69) is 34.4 Å². The predicted octanol–water partition coefficient (Wildman–Crippen LogP) is 0.671. The number of hydrogen-bond donors (Lipinski definition) is 6. The number of carbonyl (C=O) groups excluding carboxylic acids is 4. The Balaban J connectivity index is 3.03. The van der Waals surface area contributed by atoms with Gasteiger partial charge in [0.1, 0.15) is 30.5 Å². The highest BCUT2D eigenvalue weighted by atomic mass is 16.5. The number of ether oxygens (including phenoxy) is 2. The van der Waals surface area contributed by atoms with Crippen molar-refractivity contribution in [2.75, 3.05) is 20.3 Å². The summed E-state index contributed by atoms with van der Waals surface area (Å²) in [5.74, 6) is -1.72. The Hall–Kier alpha value is -4.35. The molecule has 1 aromatic rings. The predicted molar refractivity (Wildman–Crippen MR) is 148 cm³/mol. The zero-order valence-electron chi connectivity index (χ0n) is 22.6. The van der Waals surface area contributed by atoms with Crippen LogP contribution in [0.2, 0.25) is 0 Å². The van der Waals surface area contributed by atoms with Crippen molar-refractivity contribution in [3.05, 3.63) is 55.1 Å². The molecule has 39 heavy (non-hydrogen) atoms. The molecule has 3 amide bonds. The average molecular weight is 545 g/mol. The van der Waals surface area contributed by atoms with Gasteiger partial charge in [0.05, 0.1) is 7.11 Å². The van der Waals surface area contributed by atoms with Crippen LogP contribution in [-0.4, -0.2) is 68.0 Å². The Morgan fingerprint density at radius 1 is 0.974 bits per heavy atom. The largest absolute Gasteiger partial charge is 0.490 e. The molecule has 0 aliphatic carbocycles. The maximum absolute atomic E-state index is 13.3. The molecule has 0 aromatic heterocycles. The van der Waals surface area contributed by atoms with Crippen LogP contribution in [0.25, 0.3) is 0 Å². The number of nitrogens with two attached hydrogens (primary N) is 1. The van der Waals surface area contributed by atoms with Gasteiger partial charge in [0.2, 0.25) is 17.7 Å². The second kappa shape index (κ2) is 18.0. The van der Waals surface area contributed by atoms with Crippen LogP contribution in [0.15, 0.2) is 49.6 Å². The van der Waals surface area contributed by atoms with Crippen LogP contribution < -0.4 is 31.7 Å². The van der Waals surface area contributed by atoms with Gasteiger partial charge in [0.25, 0.3) is 0 Å². The highest BCUT2D eigenvalue weighted by Gasteiger charge is 2.29. The number of nitrogens with one attached hydrogen (secondary N) is 5. The first kappa shape index (κ1) is 32.7. The van der Waals surface area contributed by atoms with Crippen molar-refractivity contribution in [1.82, 2.24) is 21.3 Å². The number of amides is 3. The van der Waals surface area contributed by atoms with Gasteiger partial charge in [-0.1, -0.05) is 30.9 Å². The molecule has 0 aliphatic rings. The fourth-order valence-corrected chi connectivity index (χ4v) is 3.60. The summed E-state index contributed by atoms with van der Waals surface area (Å²) in [5, 5.41) is 17.9. The average Bonchev–Trinajstić information content (AvgIpc) is 2.90.